The second kappa shape index (κ2) is 19.7. The lowest BCUT2D eigenvalue weighted by Gasteiger charge is -2.59. The van der Waals surface area contributed by atoms with Crippen LogP contribution in [0.25, 0.3) is 0 Å². The Hall–Kier alpha value is -4.72. The zero-order valence-electron chi connectivity index (χ0n) is 32.0. The van der Waals surface area contributed by atoms with Gasteiger partial charge in [0.1, 0.15) is 30.8 Å². The predicted molar refractivity (Wildman–Crippen MR) is 208 cm³/mol. The van der Waals surface area contributed by atoms with Crippen molar-refractivity contribution < 1.29 is 43.7 Å². The highest BCUT2D eigenvalue weighted by Crippen LogP contribution is 2.62. The fraction of sp³-hybridized carbons (Fsp3) is 0.524. The number of allylic oxidation sites excluding steroid dienone is 1. The second-order valence-corrected chi connectivity index (χ2v) is 14.2. The Morgan fingerprint density at radius 2 is 1.80 bits per heavy atom. The normalized spacial score (nSPS) is 24.4. The molecule has 1 fully saturated rings. The van der Waals surface area contributed by atoms with Crippen LogP contribution in [0.1, 0.15) is 75.3 Å². The number of methoxy groups -OCH3 is 1. The minimum Gasteiger partial charge on any atom is -0.490 e. The van der Waals surface area contributed by atoms with Gasteiger partial charge in [-0.15, -0.1) is 6.58 Å². The number of rotatable bonds is 21. The number of hydrogen-bond donors (Lipinski definition) is 2. The number of nitro benzene ring substituents is 1. The monoisotopic (exact) mass is 761 g/mol. The number of nitrogens with zero attached hydrogens (tertiary/aromatic N) is 3. The van der Waals surface area contributed by atoms with Crippen LogP contribution in [0.3, 0.4) is 0 Å². The van der Waals surface area contributed by atoms with E-state index >= 15 is 0 Å². The van der Waals surface area contributed by atoms with Crippen molar-refractivity contribution in [3.63, 3.8) is 0 Å². The van der Waals surface area contributed by atoms with Gasteiger partial charge in [-0.3, -0.25) is 15.0 Å². The SMILES string of the molecule is C=CCOc1ccc2c(c1)C1C(CCCCO)C(CCCCO)C=C3C(=NOCc4ccc([N+](=O)[O-])cc4)CC(N(CCC)C(=O)OC)C(OCC=C)(O2)C31. The van der Waals surface area contributed by atoms with Crippen molar-refractivity contribution in [3.8, 4) is 11.5 Å². The van der Waals surface area contributed by atoms with Crippen molar-refractivity contribution in [1.82, 2.24) is 4.90 Å². The van der Waals surface area contributed by atoms with Crippen molar-refractivity contribution >= 4 is 17.5 Å². The third-order valence-corrected chi connectivity index (χ3v) is 10.8. The van der Waals surface area contributed by atoms with Gasteiger partial charge in [0, 0.05) is 49.8 Å². The lowest BCUT2D eigenvalue weighted by Crippen LogP contribution is -2.70. The molecule has 55 heavy (non-hydrogen) atoms. The summed E-state index contributed by atoms with van der Waals surface area (Å²) in [6.45, 7) is 10.8. The Balaban J connectivity index is 1.74. The molecule has 298 valence electrons. The van der Waals surface area contributed by atoms with Gasteiger partial charge in [0.05, 0.1) is 30.3 Å². The van der Waals surface area contributed by atoms with E-state index in [1.54, 1.807) is 29.2 Å². The van der Waals surface area contributed by atoms with E-state index in [0.29, 0.717) is 55.2 Å². The number of aliphatic hydroxyl groups excluding tert-OH is 2. The number of amides is 1. The number of hydrogen-bond acceptors (Lipinski definition) is 11. The summed E-state index contributed by atoms with van der Waals surface area (Å²) in [5, 5.41) is 35.6. The van der Waals surface area contributed by atoms with Crippen LogP contribution in [-0.4, -0.2) is 83.8 Å². The minimum absolute atomic E-state index is 0.0188. The summed E-state index contributed by atoms with van der Waals surface area (Å²) in [6, 6.07) is 11.2. The number of aliphatic hydroxyl groups is 2. The van der Waals surface area contributed by atoms with Crippen LogP contribution < -0.4 is 9.47 Å². The molecule has 2 aromatic carbocycles. The number of oxime groups is 1. The summed E-state index contributed by atoms with van der Waals surface area (Å²) in [4.78, 5) is 32.2. The van der Waals surface area contributed by atoms with Crippen LogP contribution in [0.15, 0.2) is 84.6 Å². The number of ether oxygens (including phenoxy) is 4. The van der Waals surface area contributed by atoms with Gasteiger partial charge in [-0.05, 0) is 85.4 Å². The van der Waals surface area contributed by atoms with E-state index in [9.17, 15) is 25.1 Å². The molecule has 1 amide bonds. The van der Waals surface area contributed by atoms with Crippen molar-refractivity contribution in [3.05, 3.63) is 101 Å². The molecule has 2 N–H and O–H groups in total. The van der Waals surface area contributed by atoms with Crippen molar-refractivity contribution in [2.75, 3.05) is 40.1 Å². The number of carbonyl (C=O) groups excluding carboxylic acids is 1. The van der Waals surface area contributed by atoms with Crippen LogP contribution in [0.5, 0.6) is 11.5 Å². The molecule has 1 aliphatic heterocycles. The van der Waals surface area contributed by atoms with Crippen LogP contribution >= 0.6 is 0 Å². The average molecular weight is 762 g/mol. The lowest BCUT2D eigenvalue weighted by molar-refractivity contribution is -0.384. The van der Waals surface area contributed by atoms with Crippen LogP contribution in [0.4, 0.5) is 10.5 Å². The molecule has 0 spiro atoms. The van der Waals surface area contributed by atoms with Crippen LogP contribution in [-0.2, 0) is 20.9 Å². The zero-order valence-corrected chi connectivity index (χ0v) is 32.0. The molecular formula is C42H55N3O10. The zero-order chi connectivity index (χ0) is 39.4. The molecule has 0 aromatic heterocycles. The number of non-ortho nitro benzene ring substituents is 1. The Morgan fingerprint density at radius 3 is 2.45 bits per heavy atom. The maximum absolute atomic E-state index is 13.7. The molecule has 2 aliphatic carbocycles. The summed E-state index contributed by atoms with van der Waals surface area (Å²) in [7, 11) is 1.36. The fourth-order valence-corrected chi connectivity index (χ4v) is 8.52. The summed E-state index contributed by atoms with van der Waals surface area (Å²) in [5.41, 5.74) is 3.16. The van der Waals surface area contributed by atoms with Gasteiger partial charge in [0.2, 0.25) is 5.79 Å². The Morgan fingerprint density at radius 1 is 1.07 bits per heavy atom. The largest absolute Gasteiger partial charge is 0.490 e. The minimum atomic E-state index is -1.40. The van der Waals surface area contributed by atoms with Gasteiger partial charge in [0.25, 0.3) is 5.69 Å². The molecule has 1 heterocycles. The molecular weight excluding hydrogens is 706 g/mol. The molecule has 0 radical (unpaired) electrons. The van der Waals surface area contributed by atoms with E-state index in [2.05, 4.69) is 19.2 Å². The molecule has 13 heteroatoms. The average Bonchev–Trinajstić information content (AvgIpc) is 3.19. The van der Waals surface area contributed by atoms with Crippen molar-refractivity contribution in [1.29, 1.82) is 0 Å². The summed E-state index contributed by atoms with van der Waals surface area (Å²) in [5.74, 6) is -0.672. The summed E-state index contributed by atoms with van der Waals surface area (Å²) in [6.07, 6.45) is 10.5. The number of nitro groups is 1. The molecule has 0 bridgehead atoms. The molecule has 6 unspecified atom stereocenters. The fourth-order valence-electron chi connectivity index (χ4n) is 8.52. The summed E-state index contributed by atoms with van der Waals surface area (Å²) >= 11 is 0. The van der Waals surface area contributed by atoms with Crippen LogP contribution in [0, 0.1) is 27.9 Å². The first-order valence-corrected chi connectivity index (χ1v) is 19.3. The van der Waals surface area contributed by atoms with Crippen LogP contribution in [0.2, 0.25) is 0 Å². The van der Waals surface area contributed by atoms with E-state index in [0.717, 1.165) is 36.8 Å². The van der Waals surface area contributed by atoms with Crippen molar-refractivity contribution in [2.24, 2.45) is 22.9 Å². The molecule has 13 nitrogen and oxygen atoms in total. The quantitative estimate of drug-likeness (QED) is 0.0565. The van der Waals surface area contributed by atoms with E-state index < -0.39 is 28.8 Å². The molecule has 2 aromatic rings. The Labute approximate surface area is 323 Å². The summed E-state index contributed by atoms with van der Waals surface area (Å²) < 4.78 is 25.5. The third-order valence-electron chi connectivity index (χ3n) is 10.8. The maximum atomic E-state index is 13.7. The predicted octanol–water partition coefficient (Wildman–Crippen LogP) is 7.47. The first-order valence-electron chi connectivity index (χ1n) is 19.3. The smallest absolute Gasteiger partial charge is 0.409 e. The second-order valence-electron chi connectivity index (χ2n) is 14.2. The van der Waals surface area contributed by atoms with E-state index in [-0.39, 0.29) is 56.3 Å². The highest BCUT2D eigenvalue weighted by atomic mass is 16.7. The Bertz CT molecular complexity index is 1690. The van der Waals surface area contributed by atoms with Gasteiger partial charge in [-0.1, -0.05) is 49.7 Å². The van der Waals surface area contributed by atoms with Gasteiger partial charge in [0.15, 0.2) is 0 Å². The number of fused-ring (bicyclic) bond motifs is 2. The first-order chi connectivity index (χ1) is 26.8. The van der Waals surface area contributed by atoms with Gasteiger partial charge in [-0.2, -0.15) is 0 Å². The Kier molecular flexibility index (Phi) is 14.9. The highest BCUT2D eigenvalue weighted by Gasteiger charge is 2.65. The number of carbonyl (C=O) groups is 1. The standard InChI is InChI=1S/C42H55N3O10/c1-5-20-44(41(48)51-4)38-27-36(43-54-28-29-14-16-31(17-15-29)45(49)50)34-25-30(12-8-10-21-46)33(13-9-11-22-47)39-35-26-32(52-23-6-2)18-19-37(35)55-42(38,40(34)39)53-24-7-3/h6-7,14-19,25-26,30,33,38-40,46-47H,2-3,5,8-13,20-24,27-28H2,1,4H3. The van der Waals surface area contributed by atoms with Crippen molar-refractivity contribution in [2.45, 2.75) is 82.6 Å². The molecule has 5 rings (SSSR count). The topological polar surface area (TPSA) is 162 Å². The van der Waals surface area contributed by atoms with E-state index in [4.69, 9.17) is 28.9 Å². The van der Waals surface area contributed by atoms with Gasteiger partial charge in [-0.25, -0.2) is 4.79 Å². The number of unbranched alkanes of at least 4 members (excludes halogenated alkanes) is 2. The highest BCUT2D eigenvalue weighted by molar-refractivity contribution is 6.03. The lowest BCUT2D eigenvalue weighted by atomic mass is 9.55. The molecule has 1 saturated carbocycles. The third kappa shape index (κ3) is 9.22. The first kappa shape index (κ1) is 41.4. The van der Waals surface area contributed by atoms with E-state index in [1.807, 2.05) is 25.1 Å². The maximum Gasteiger partial charge on any atom is 0.409 e. The molecule has 3 aliphatic rings. The van der Waals surface area contributed by atoms with Gasteiger partial charge >= 0.3 is 6.09 Å². The van der Waals surface area contributed by atoms with Gasteiger partial charge < -0.3 is 34.0 Å². The number of benzene rings is 2. The van der Waals surface area contributed by atoms with E-state index in [1.165, 1.54) is 19.2 Å². The molecule has 0 saturated heterocycles. The molecule has 6 atom stereocenters.